The van der Waals surface area contributed by atoms with Gasteiger partial charge in [0, 0.05) is 26.6 Å². The maximum Gasteiger partial charge on any atom is 0.256 e. The van der Waals surface area contributed by atoms with Crippen molar-refractivity contribution in [2.24, 2.45) is 0 Å². The molecule has 3 aromatic carbocycles. The van der Waals surface area contributed by atoms with E-state index in [-0.39, 0.29) is 17.4 Å². The Bertz CT molecular complexity index is 1160. The minimum absolute atomic E-state index is 0.146. The lowest BCUT2D eigenvalue weighted by atomic mass is 10.0. The Labute approximate surface area is 192 Å². The van der Waals surface area contributed by atoms with Crippen molar-refractivity contribution in [3.8, 4) is 6.07 Å². The standard InChI is InChI=1S/C26H25N3O2S/c1-4-26(2,3)29-24(30)18-13-15-20(16-14-18)28-25(31)21-10-6-8-12-23(21)32-22-11-7-5-9-19(22)17-27/h5-16H,4H2,1-3H3,(H,28,31)(H,29,30). The van der Waals surface area contributed by atoms with E-state index < -0.39 is 0 Å². The van der Waals surface area contributed by atoms with Gasteiger partial charge in [-0.15, -0.1) is 0 Å². The van der Waals surface area contributed by atoms with Gasteiger partial charge < -0.3 is 10.6 Å². The number of nitrogens with one attached hydrogen (secondary N) is 2. The summed E-state index contributed by atoms with van der Waals surface area (Å²) in [5, 5.41) is 15.2. The number of anilines is 1. The molecule has 6 heteroatoms. The lowest BCUT2D eigenvalue weighted by molar-refractivity contribution is 0.0911. The molecule has 0 saturated carbocycles. The topological polar surface area (TPSA) is 82.0 Å². The number of carbonyl (C=O) groups is 2. The number of nitrogens with zero attached hydrogens (tertiary/aromatic N) is 1. The molecular weight excluding hydrogens is 418 g/mol. The van der Waals surface area contributed by atoms with E-state index in [1.807, 2.05) is 51.1 Å². The second kappa shape index (κ2) is 10.2. The van der Waals surface area contributed by atoms with Gasteiger partial charge >= 0.3 is 0 Å². The first-order chi connectivity index (χ1) is 15.3. The molecule has 0 bridgehead atoms. The molecule has 0 aliphatic heterocycles. The van der Waals surface area contributed by atoms with Crippen molar-refractivity contribution in [2.75, 3.05) is 5.32 Å². The molecule has 0 unspecified atom stereocenters. The summed E-state index contributed by atoms with van der Waals surface area (Å²) in [5.41, 5.74) is 1.92. The molecule has 3 rings (SSSR count). The zero-order chi connectivity index (χ0) is 23.1. The van der Waals surface area contributed by atoms with Crippen LogP contribution in [0.4, 0.5) is 5.69 Å². The van der Waals surface area contributed by atoms with Crippen LogP contribution in [0.3, 0.4) is 0 Å². The highest BCUT2D eigenvalue weighted by molar-refractivity contribution is 7.99. The SMILES string of the molecule is CCC(C)(C)NC(=O)c1ccc(NC(=O)c2ccccc2Sc2ccccc2C#N)cc1. The summed E-state index contributed by atoms with van der Waals surface area (Å²) in [7, 11) is 0. The minimum Gasteiger partial charge on any atom is -0.347 e. The predicted molar refractivity (Wildman–Crippen MR) is 128 cm³/mol. The quantitative estimate of drug-likeness (QED) is 0.478. The molecule has 0 spiro atoms. The summed E-state index contributed by atoms with van der Waals surface area (Å²) in [6, 6.07) is 23.6. The minimum atomic E-state index is -0.282. The van der Waals surface area contributed by atoms with E-state index in [9.17, 15) is 14.9 Å². The Balaban J connectivity index is 1.74. The molecule has 0 heterocycles. The Hall–Kier alpha value is -3.56. The summed E-state index contributed by atoms with van der Waals surface area (Å²) in [6.45, 7) is 5.97. The first-order valence-corrected chi connectivity index (χ1v) is 11.1. The Morgan fingerprint density at radius 1 is 0.906 bits per heavy atom. The van der Waals surface area contributed by atoms with Gasteiger partial charge in [0.15, 0.2) is 0 Å². The van der Waals surface area contributed by atoms with Gasteiger partial charge in [0.05, 0.1) is 11.1 Å². The molecular formula is C26H25N3O2S. The third-order valence-electron chi connectivity index (χ3n) is 5.10. The molecule has 2 amide bonds. The van der Waals surface area contributed by atoms with Crippen LogP contribution in [0.15, 0.2) is 82.6 Å². The second-order valence-corrected chi connectivity index (χ2v) is 9.01. The molecule has 0 radical (unpaired) electrons. The van der Waals surface area contributed by atoms with Crippen LogP contribution in [0.5, 0.6) is 0 Å². The molecule has 2 N–H and O–H groups in total. The van der Waals surface area contributed by atoms with Crippen LogP contribution in [0.2, 0.25) is 0 Å². The molecule has 5 nitrogen and oxygen atoms in total. The Morgan fingerprint density at radius 2 is 1.53 bits per heavy atom. The highest BCUT2D eigenvalue weighted by Crippen LogP contribution is 2.33. The monoisotopic (exact) mass is 443 g/mol. The van der Waals surface area contributed by atoms with Gasteiger partial charge in [-0.25, -0.2) is 0 Å². The summed E-state index contributed by atoms with van der Waals surface area (Å²) >= 11 is 1.38. The van der Waals surface area contributed by atoms with Crippen LogP contribution in [0.1, 0.15) is 53.5 Å². The van der Waals surface area contributed by atoms with Crippen molar-refractivity contribution in [3.63, 3.8) is 0 Å². The first kappa shape index (κ1) is 23.1. The maximum absolute atomic E-state index is 13.0. The Kier molecular flexibility index (Phi) is 7.34. The van der Waals surface area contributed by atoms with E-state index in [0.717, 1.165) is 16.2 Å². The van der Waals surface area contributed by atoms with Gasteiger partial charge in [0.1, 0.15) is 6.07 Å². The van der Waals surface area contributed by atoms with Gasteiger partial charge in [0.25, 0.3) is 11.8 Å². The van der Waals surface area contributed by atoms with Crippen molar-refractivity contribution in [1.29, 1.82) is 5.26 Å². The molecule has 162 valence electrons. The van der Waals surface area contributed by atoms with Gasteiger partial charge in [-0.2, -0.15) is 5.26 Å². The van der Waals surface area contributed by atoms with Crippen LogP contribution in [-0.4, -0.2) is 17.4 Å². The van der Waals surface area contributed by atoms with E-state index in [1.165, 1.54) is 11.8 Å². The number of benzene rings is 3. The maximum atomic E-state index is 13.0. The number of nitriles is 1. The summed E-state index contributed by atoms with van der Waals surface area (Å²) in [5.74, 6) is -0.403. The zero-order valence-electron chi connectivity index (χ0n) is 18.3. The number of rotatable bonds is 7. The number of carbonyl (C=O) groups excluding carboxylic acids is 2. The number of amides is 2. The van der Waals surface area contributed by atoms with Gasteiger partial charge in [-0.05, 0) is 68.8 Å². The summed E-state index contributed by atoms with van der Waals surface area (Å²) in [6.07, 6.45) is 0.823. The van der Waals surface area contributed by atoms with Crippen molar-refractivity contribution in [1.82, 2.24) is 5.32 Å². The van der Waals surface area contributed by atoms with Crippen LogP contribution in [0, 0.1) is 11.3 Å². The average Bonchev–Trinajstić information content (AvgIpc) is 2.80. The van der Waals surface area contributed by atoms with Gasteiger partial charge in [0.2, 0.25) is 0 Å². The van der Waals surface area contributed by atoms with Gasteiger partial charge in [-0.3, -0.25) is 9.59 Å². The molecule has 0 aromatic heterocycles. The number of hydrogen-bond acceptors (Lipinski definition) is 4. The van der Waals surface area contributed by atoms with Crippen molar-refractivity contribution >= 4 is 29.3 Å². The predicted octanol–water partition coefficient (Wildman–Crippen LogP) is 5.88. The highest BCUT2D eigenvalue weighted by Gasteiger charge is 2.19. The fourth-order valence-corrected chi connectivity index (χ4v) is 3.91. The molecule has 0 aliphatic carbocycles. The average molecular weight is 444 g/mol. The number of hydrogen-bond donors (Lipinski definition) is 2. The highest BCUT2D eigenvalue weighted by atomic mass is 32.2. The molecule has 0 aliphatic rings. The fraction of sp³-hybridized carbons (Fsp3) is 0.192. The fourth-order valence-electron chi connectivity index (χ4n) is 2.88. The third-order valence-corrected chi connectivity index (χ3v) is 6.25. The van der Waals surface area contributed by atoms with Crippen LogP contribution in [0.25, 0.3) is 0 Å². The lowest BCUT2D eigenvalue weighted by Gasteiger charge is -2.24. The zero-order valence-corrected chi connectivity index (χ0v) is 19.1. The smallest absolute Gasteiger partial charge is 0.256 e. The van der Waals surface area contributed by atoms with E-state index in [4.69, 9.17) is 0 Å². The molecule has 0 fully saturated rings. The molecule has 32 heavy (non-hydrogen) atoms. The van der Waals surface area contributed by atoms with E-state index in [1.54, 1.807) is 42.5 Å². The van der Waals surface area contributed by atoms with Crippen molar-refractivity contribution in [2.45, 2.75) is 42.5 Å². The van der Waals surface area contributed by atoms with Crippen LogP contribution >= 0.6 is 11.8 Å². The molecule has 3 aromatic rings. The second-order valence-electron chi connectivity index (χ2n) is 7.93. The van der Waals surface area contributed by atoms with E-state index >= 15 is 0 Å². The molecule has 0 saturated heterocycles. The Morgan fingerprint density at radius 3 is 2.19 bits per heavy atom. The lowest BCUT2D eigenvalue weighted by Crippen LogP contribution is -2.42. The first-order valence-electron chi connectivity index (χ1n) is 10.3. The molecule has 0 atom stereocenters. The summed E-state index contributed by atoms with van der Waals surface area (Å²) < 4.78 is 0. The van der Waals surface area contributed by atoms with Crippen molar-refractivity contribution in [3.05, 3.63) is 89.5 Å². The normalized spacial score (nSPS) is 10.8. The van der Waals surface area contributed by atoms with Crippen molar-refractivity contribution < 1.29 is 9.59 Å². The summed E-state index contributed by atoms with van der Waals surface area (Å²) in [4.78, 5) is 26.9. The van der Waals surface area contributed by atoms with E-state index in [0.29, 0.717) is 22.4 Å². The van der Waals surface area contributed by atoms with E-state index in [2.05, 4.69) is 16.7 Å². The van der Waals surface area contributed by atoms with Crippen LogP contribution < -0.4 is 10.6 Å². The third kappa shape index (κ3) is 5.77. The van der Waals surface area contributed by atoms with Gasteiger partial charge in [-0.1, -0.05) is 43.0 Å². The largest absolute Gasteiger partial charge is 0.347 e. The van der Waals surface area contributed by atoms with Crippen LogP contribution in [-0.2, 0) is 0 Å².